The van der Waals surface area contributed by atoms with Crippen molar-refractivity contribution in [1.82, 2.24) is 4.90 Å². The Labute approximate surface area is 125 Å². The minimum absolute atomic E-state index is 0.00387. The SMILES string of the molecule is CN(CCS(=O)(=O)C(C)(C)C)C1(CN)CCCCCC1. The van der Waals surface area contributed by atoms with Gasteiger partial charge in [-0.05, 0) is 40.7 Å². The van der Waals surface area contributed by atoms with Crippen LogP contribution in [-0.4, -0.2) is 49.5 Å². The van der Waals surface area contributed by atoms with Crippen molar-refractivity contribution in [2.24, 2.45) is 5.73 Å². The third-order valence-corrected chi connectivity index (χ3v) is 7.44. The van der Waals surface area contributed by atoms with E-state index in [1.165, 1.54) is 25.7 Å². The van der Waals surface area contributed by atoms with Crippen molar-refractivity contribution >= 4 is 9.84 Å². The molecule has 1 rings (SSSR count). The summed E-state index contributed by atoms with van der Waals surface area (Å²) in [5, 5.41) is 0. The fourth-order valence-electron chi connectivity index (χ4n) is 2.93. The first kappa shape index (κ1) is 17.9. The topological polar surface area (TPSA) is 63.4 Å². The number of sulfone groups is 1. The number of likely N-dealkylation sites (N-methyl/N-ethyl adjacent to an activating group) is 1. The molecule has 0 heterocycles. The molecule has 0 aromatic carbocycles. The molecule has 0 amide bonds. The first-order chi connectivity index (χ1) is 9.15. The zero-order valence-corrected chi connectivity index (χ0v) is 14.4. The molecule has 0 aromatic heterocycles. The maximum Gasteiger partial charge on any atom is 0.156 e. The standard InChI is InChI=1S/C15H32N2O2S/c1-14(2,3)20(18,19)12-11-17(4)15(13-16)9-7-5-6-8-10-15/h5-13,16H2,1-4H3. The molecule has 20 heavy (non-hydrogen) atoms. The predicted molar refractivity (Wildman–Crippen MR) is 85.7 cm³/mol. The van der Waals surface area contributed by atoms with Crippen LogP contribution in [-0.2, 0) is 9.84 Å². The Kier molecular flexibility index (Phi) is 6.05. The van der Waals surface area contributed by atoms with Crippen LogP contribution in [0.1, 0.15) is 59.3 Å². The van der Waals surface area contributed by atoms with E-state index in [9.17, 15) is 8.42 Å². The zero-order valence-electron chi connectivity index (χ0n) is 13.6. The largest absolute Gasteiger partial charge is 0.329 e. The van der Waals surface area contributed by atoms with Gasteiger partial charge in [-0.2, -0.15) is 0 Å². The van der Waals surface area contributed by atoms with Crippen LogP contribution in [0, 0.1) is 0 Å². The normalized spacial score (nSPS) is 20.9. The summed E-state index contributed by atoms with van der Waals surface area (Å²) in [6.45, 7) is 6.52. The van der Waals surface area contributed by atoms with Crippen LogP contribution in [0.3, 0.4) is 0 Å². The molecule has 1 aliphatic rings. The second-order valence-electron chi connectivity index (χ2n) is 7.20. The molecule has 0 aromatic rings. The van der Waals surface area contributed by atoms with E-state index in [0.29, 0.717) is 13.1 Å². The van der Waals surface area contributed by atoms with Crippen LogP contribution in [0.25, 0.3) is 0 Å². The molecule has 2 N–H and O–H groups in total. The van der Waals surface area contributed by atoms with Crippen molar-refractivity contribution in [1.29, 1.82) is 0 Å². The smallest absolute Gasteiger partial charge is 0.156 e. The molecular weight excluding hydrogens is 272 g/mol. The molecule has 0 aliphatic heterocycles. The van der Waals surface area contributed by atoms with Gasteiger partial charge < -0.3 is 5.73 Å². The third-order valence-electron chi connectivity index (χ3n) is 4.85. The minimum atomic E-state index is -3.06. The van der Waals surface area contributed by atoms with E-state index < -0.39 is 14.6 Å². The van der Waals surface area contributed by atoms with Crippen LogP contribution in [0.2, 0.25) is 0 Å². The van der Waals surface area contributed by atoms with Gasteiger partial charge in [0, 0.05) is 18.6 Å². The molecule has 5 heteroatoms. The Morgan fingerprint density at radius 2 is 1.60 bits per heavy atom. The van der Waals surface area contributed by atoms with Crippen LogP contribution < -0.4 is 5.73 Å². The van der Waals surface area contributed by atoms with E-state index in [1.54, 1.807) is 20.8 Å². The van der Waals surface area contributed by atoms with Gasteiger partial charge in [0.1, 0.15) is 0 Å². The second kappa shape index (κ2) is 6.75. The molecule has 1 fully saturated rings. The lowest BCUT2D eigenvalue weighted by Crippen LogP contribution is -2.53. The summed E-state index contributed by atoms with van der Waals surface area (Å²) >= 11 is 0. The average Bonchev–Trinajstić information content (AvgIpc) is 2.61. The fourth-order valence-corrected chi connectivity index (χ4v) is 4.06. The zero-order chi connectivity index (χ0) is 15.4. The van der Waals surface area contributed by atoms with E-state index in [1.807, 2.05) is 7.05 Å². The molecule has 1 saturated carbocycles. The van der Waals surface area contributed by atoms with E-state index in [2.05, 4.69) is 4.90 Å². The maximum absolute atomic E-state index is 12.2. The summed E-state index contributed by atoms with van der Waals surface area (Å²) < 4.78 is 23.8. The highest BCUT2D eigenvalue weighted by Crippen LogP contribution is 2.31. The van der Waals surface area contributed by atoms with Crippen molar-refractivity contribution in [2.45, 2.75) is 69.6 Å². The first-order valence-electron chi connectivity index (χ1n) is 7.78. The lowest BCUT2D eigenvalue weighted by Gasteiger charge is -2.41. The number of hydrogen-bond donors (Lipinski definition) is 1. The van der Waals surface area contributed by atoms with E-state index in [-0.39, 0.29) is 11.3 Å². The third kappa shape index (κ3) is 4.18. The van der Waals surface area contributed by atoms with Crippen molar-refractivity contribution in [3.63, 3.8) is 0 Å². The van der Waals surface area contributed by atoms with Crippen molar-refractivity contribution < 1.29 is 8.42 Å². The summed E-state index contributed by atoms with van der Waals surface area (Å²) in [5.41, 5.74) is 6.05. The van der Waals surface area contributed by atoms with Gasteiger partial charge in [-0.15, -0.1) is 0 Å². The lowest BCUT2D eigenvalue weighted by atomic mass is 9.88. The van der Waals surface area contributed by atoms with Crippen molar-refractivity contribution in [3.8, 4) is 0 Å². The Hall–Kier alpha value is -0.130. The van der Waals surface area contributed by atoms with Gasteiger partial charge in [0.25, 0.3) is 0 Å². The molecule has 0 bridgehead atoms. The molecule has 0 radical (unpaired) electrons. The number of hydrogen-bond acceptors (Lipinski definition) is 4. The van der Waals surface area contributed by atoms with Crippen LogP contribution in [0.15, 0.2) is 0 Å². The van der Waals surface area contributed by atoms with Crippen molar-refractivity contribution in [2.75, 3.05) is 25.9 Å². The molecule has 0 spiro atoms. The first-order valence-corrected chi connectivity index (χ1v) is 9.43. The maximum atomic E-state index is 12.2. The van der Waals surface area contributed by atoms with Crippen LogP contribution >= 0.6 is 0 Å². The molecular formula is C15H32N2O2S. The Morgan fingerprint density at radius 3 is 2.00 bits per heavy atom. The second-order valence-corrected chi connectivity index (χ2v) is 10.1. The Bertz CT molecular complexity index is 391. The Morgan fingerprint density at radius 1 is 1.10 bits per heavy atom. The van der Waals surface area contributed by atoms with Gasteiger partial charge in [0.15, 0.2) is 9.84 Å². The van der Waals surface area contributed by atoms with Crippen LogP contribution in [0.4, 0.5) is 0 Å². The summed E-state index contributed by atoms with van der Waals surface area (Å²) in [5.74, 6) is 0.217. The Balaban J connectivity index is 2.71. The van der Waals surface area contributed by atoms with Gasteiger partial charge >= 0.3 is 0 Å². The summed E-state index contributed by atoms with van der Waals surface area (Å²) in [6, 6.07) is 0. The molecule has 4 nitrogen and oxygen atoms in total. The monoisotopic (exact) mass is 304 g/mol. The predicted octanol–water partition coefficient (Wildman–Crippen LogP) is 2.18. The number of nitrogens with two attached hydrogens (primary N) is 1. The minimum Gasteiger partial charge on any atom is -0.329 e. The lowest BCUT2D eigenvalue weighted by molar-refractivity contribution is 0.114. The highest BCUT2D eigenvalue weighted by molar-refractivity contribution is 7.92. The van der Waals surface area contributed by atoms with Crippen LogP contribution in [0.5, 0.6) is 0 Å². The van der Waals surface area contributed by atoms with E-state index in [4.69, 9.17) is 5.73 Å². The van der Waals surface area contributed by atoms with Crippen molar-refractivity contribution in [3.05, 3.63) is 0 Å². The summed E-state index contributed by atoms with van der Waals surface area (Å²) in [4.78, 5) is 2.21. The van der Waals surface area contributed by atoms with Gasteiger partial charge in [-0.3, -0.25) is 4.90 Å². The molecule has 0 unspecified atom stereocenters. The highest BCUT2D eigenvalue weighted by atomic mass is 32.2. The molecule has 120 valence electrons. The summed E-state index contributed by atoms with van der Waals surface area (Å²) in [6.07, 6.45) is 7.14. The summed E-state index contributed by atoms with van der Waals surface area (Å²) in [7, 11) is -1.02. The van der Waals surface area contributed by atoms with E-state index >= 15 is 0 Å². The average molecular weight is 305 g/mol. The highest BCUT2D eigenvalue weighted by Gasteiger charge is 2.35. The fraction of sp³-hybridized carbons (Fsp3) is 1.00. The number of rotatable bonds is 5. The van der Waals surface area contributed by atoms with Gasteiger partial charge in [-0.1, -0.05) is 25.7 Å². The quantitative estimate of drug-likeness (QED) is 0.791. The molecule has 0 atom stereocenters. The van der Waals surface area contributed by atoms with Gasteiger partial charge in [-0.25, -0.2) is 8.42 Å². The van der Waals surface area contributed by atoms with E-state index in [0.717, 1.165) is 12.8 Å². The van der Waals surface area contributed by atoms with Gasteiger partial charge in [0.2, 0.25) is 0 Å². The molecule has 0 saturated heterocycles. The number of nitrogens with zero attached hydrogens (tertiary/aromatic N) is 1. The van der Waals surface area contributed by atoms with Gasteiger partial charge in [0.05, 0.1) is 10.5 Å². The molecule has 1 aliphatic carbocycles.